The molecule has 10 nitrogen and oxygen atoms in total. The number of carbonyl (C=O) groups excluding carboxylic acids is 2. The monoisotopic (exact) mass is 473 g/mol. The van der Waals surface area contributed by atoms with Crippen LogP contribution in [0.2, 0.25) is 0 Å². The summed E-state index contributed by atoms with van der Waals surface area (Å²) in [5, 5.41) is 5.94. The van der Waals surface area contributed by atoms with Crippen LogP contribution in [0.3, 0.4) is 0 Å². The number of fused-ring (bicyclic) bond motifs is 2. The average molecular weight is 474 g/mol. The number of amides is 2. The number of carbonyl (C=O) groups is 2. The van der Waals surface area contributed by atoms with Gasteiger partial charge in [0, 0.05) is 43.7 Å². The second-order valence-electron chi connectivity index (χ2n) is 9.28. The summed E-state index contributed by atoms with van der Waals surface area (Å²) in [5.41, 5.74) is 3.23. The standard InChI is InChI=1S/C25H27N7O3/c1-31-21-18(29-22(31)15-5-2-6-15)11-16(12-19(21)30-24(34)20-7-3-10-35-20)23(33)27-13-17-14-32-9-4-8-26-25(32)28-17/h4,8-9,11-12,14-15,20H,2-3,5-7,10,13H2,1H3,(H,27,33)(H,30,34). The zero-order chi connectivity index (χ0) is 23.9. The first-order chi connectivity index (χ1) is 17.1. The molecule has 180 valence electrons. The Morgan fingerprint density at radius 1 is 1.17 bits per heavy atom. The maximum absolute atomic E-state index is 13.1. The van der Waals surface area contributed by atoms with Crippen LogP contribution < -0.4 is 10.6 Å². The number of rotatable bonds is 6. The minimum atomic E-state index is -0.467. The topological polar surface area (TPSA) is 115 Å². The van der Waals surface area contributed by atoms with Crippen molar-refractivity contribution in [2.45, 2.75) is 50.7 Å². The molecule has 4 heterocycles. The lowest BCUT2D eigenvalue weighted by Crippen LogP contribution is -2.27. The fourth-order valence-corrected chi connectivity index (χ4v) is 4.86. The highest BCUT2D eigenvalue weighted by molar-refractivity contribution is 6.06. The van der Waals surface area contributed by atoms with E-state index in [9.17, 15) is 9.59 Å². The van der Waals surface area contributed by atoms with Crippen LogP contribution in [-0.2, 0) is 23.1 Å². The van der Waals surface area contributed by atoms with Gasteiger partial charge in [-0.2, -0.15) is 0 Å². The predicted octanol–water partition coefficient (Wildman–Crippen LogP) is 2.93. The summed E-state index contributed by atoms with van der Waals surface area (Å²) in [6, 6.07) is 5.34. The van der Waals surface area contributed by atoms with E-state index < -0.39 is 6.10 Å². The summed E-state index contributed by atoms with van der Waals surface area (Å²) in [7, 11) is 1.97. The molecule has 1 saturated carbocycles. The first kappa shape index (κ1) is 21.7. The van der Waals surface area contributed by atoms with Crippen molar-refractivity contribution in [2.75, 3.05) is 11.9 Å². The molecule has 1 unspecified atom stereocenters. The van der Waals surface area contributed by atoms with E-state index in [0.29, 0.717) is 47.2 Å². The van der Waals surface area contributed by atoms with Gasteiger partial charge in [-0.3, -0.25) is 14.0 Å². The fraction of sp³-hybridized carbons (Fsp3) is 0.400. The zero-order valence-electron chi connectivity index (χ0n) is 19.5. The van der Waals surface area contributed by atoms with E-state index in [-0.39, 0.29) is 18.4 Å². The zero-order valence-corrected chi connectivity index (χ0v) is 19.5. The van der Waals surface area contributed by atoms with E-state index in [2.05, 4.69) is 25.2 Å². The lowest BCUT2D eigenvalue weighted by atomic mass is 9.85. The number of ether oxygens (including phenoxy) is 1. The molecular formula is C25H27N7O3. The van der Waals surface area contributed by atoms with Crippen LogP contribution in [0, 0.1) is 0 Å². The quantitative estimate of drug-likeness (QED) is 0.445. The largest absolute Gasteiger partial charge is 0.368 e. The van der Waals surface area contributed by atoms with Gasteiger partial charge in [0.2, 0.25) is 5.78 Å². The Labute approximate surface area is 201 Å². The van der Waals surface area contributed by atoms with E-state index >= 15 is 0 Å². The van der Waals surface area contributed by atoms with Crippen LogP contribution in [0.1, 0.15) is 59.9 Å². The van der Waals surface area contributed by atoms with Crippen molar-refractivity contribution >= 4 is 34.3 Å². The third-order valence-electron chi connectivity index (χ3n) is 6.93. The predicted molar refractivity (Wildman–Crippen MR) is 129 cm³/mol. The highest BCUT2D eigenvalue weighted by Crippen LogP contribution is 2.38. The lowest BCUT2D eigenvalue weighted by molar-refractivity contribution is -0.124. The van der Waals surface area contributed by atoms with Crippen molar-refractivity contribution in [1.82, 2.24) is 29.2 Å². The van der Waals surface area contributed by atoms with Gasteiger partial charge in [-0.1, -0.05) is 6.42 Å². The van der Waals surface area contributed by atoms with Gasteiger partial charge >= 0.3 is 0 Å². The van der Waals surface area contributed by atoms with Gasteiger partial charge in [0.1, 0.15) is 11.9 Å². The van der Waals surface area contributed by atoms with E-state index in [1.165, 1.54) is 6.42 Å². The number of hydrogen-bond donors (Lipinski definition) is 2. The molecule has 1 aromatic carbocycles. The first-order valence-corrected chi connectivity index (χ1v) is 12.1. The van der Waals surface area contributed by atoms with Crippen LogP contribution in [0.15, 0.2) is 36.8 Å². The molecule has 1 aliphatic carbocycles. The van der Waals surface area contributed by atoms with Gasteiger partial charge in [-0.15, -0.1) is 0 Å². The van der Waals surface area contributed by atoms with E-state index in [1.807, 2.05) is 29.9 Å². The van der Waals surface area contributed by atoms with Gasteiger partial charge in [-0.05, 0) is 43.9 Å². The van der Waals surface area contributed by atoms with Crippen molar-refractivity contribution in [3.8, 4) is 0 Å². The second kappa shape index (κ2) is 8.77. The van der Waals surface area contributed by atoms with E-state index in [0.717, 1.165) is 30.6 Å². The Balaban J connectivity index is 1.30. The highest BCUT2D eigenvalue weighted by atomic mass is 16.5. The van der Waals surface area contributed by atoms with Crippen LogP contribution in [0.4, 0.5) is 5.69 Å². The molecule has 2 fully saturated rings. The fourth-order valence-electron chi connectivity index (χ4n) is 4.86. The number of nitrogens with one attached hydrogen (secondary N) is 2. The molecule has 35 heavy (non-hydrogen) atoms. The number of anilines is 1. The molecule has 2 amide bonds. The summed E-state index contributed by atoms with van der Waals surface area (Å²) in [6.07, 6.45) is 9.88. The molecule has 4 aromatic rings. The van der Waals surface area contributed by atoms with E-state index in [4.69, 9.17) is 9.72 Å². The Kier molecular flexibility index (Phi) is 5.44. The molecule has 1 atom stereocenters. The average Bonchev–Trinajstić information content (AvgIpc) is 3.56. The number of nitrogens with zero attached hydrogens (tertiary/aromatic N) is 5. The first-order valence-electron chi connectivity index (χ1n) is 12.1. The van der Waals surface area contributed by atoms with Crippen molar-refractivity contribution in [2.24, 2.45) is 7.05 Å². The molecule has 10 heteroatoms. The summed E-state index contributed by atoms with van der Waals surface area (Å²) in [5.74, 6) is 1.53. The van der Waals surface area contributed by atoms with Crippen LogP contribution in [-0.4, -0.2) is 48.4 Å². The number of hydrogen-bond acceptors (Lipinski definition) is 6. The molecule has 6 rings (SSSR count). The molecule has 3 aromatic heterocycles. The van der Waals surface area contributed by atoms with Gasteiger partial charge in [0.05, 0.1) is 29.0 Å². The van der Waals surface area contributed by atoms with Gasteiger partial charge < -0.3 is 19.9 Å². The van der Waals surface area contributed by atoms with Crippen LogP contribution >= 0.6 is 0 Å². The second-order valence-corrected chi connectivity index (χ2v) is 9.28. The van der Waals surface area contributed by atoms with Gasteiger partial charge in [0.25, 0.3) is 11.8 Å². The Morgan fingerprint density at radius 2 is 2.06 bits per heavy atom. The third-order valence-corrected chi connectivity index (χ3v) is 6.93. The summed E-state index contributed by atoms with van der Waals surface area (Å²) in [4.78, 5) is 39.5. The summed E-state index contributed by atoms with van der Waals surface area (Å²) in [6.45, 7) is 0.847. The van der Waals surface area contributed by atoms with Gasteiger partial charge in [-0.25, -0.2) is 15.0 Å². The van der Waals surface area contributed by atoms with E-state index in [1.54, 1.807) is 18.3 Å². The Hall–Kier alpha value is -3.79. The molecule has 0 spiro atoms. The molecule has 1 aliphatic heterocycles. The van der Waals surface area contributed by atoms with Crippen molar-refractivity contribution < 1.29 is 14.3 Å². The minimum Gasteiger partial charge on any atom is -0.368 e. The SMILES string of the molecule is Cn1c(C2CCC2)nc2cc(C(=O)NCc3cn4cccnc4n3)cc(NC(=O)C3CCCO3)c21. The normalized spacial score (nSPS) is 18.1. The van der Waals surface area contributed by atoms with Crippen LogP contribution in [0.25, 0.3) is 16.8 Å². The number of benzene rings is 1. The molecule has 2 aliphatic rings. The molecule has 0 bridgehead atoms. The van der Waals surface area contributed by atoms with Crippen molar-refractivity contribution in [3.05, 3.63) is 53.9 Å². The summed E-state index contributed by atoms with van der Waals surface area (Å²) < 4.78 is 9.42. The third kappa shape index (κ3) is 4.03. The van der Waals surface area contributed by atoms with Crippen molar-refractivity contribution in [3.63, 3.8) is 0 Å². The maximum atomic E-state index is 13.1. The number of aromatic nitrogens is 5. The Morgan fingerprint density at radius 3 is 2.80 bits per heavy atom. The Bertz CT molecular complexity index is 1400. The van der Waals surface area contributed by atoms with Crippen molar-refractivity contribution in [1.29, 1.82) is 0 Å². The van der Waals surface area contributed by atoms with Crippen LogP contribution in [0.5, 0.6) is 0 Å². The highest BCUT2D eigenvalue weighted by Gasteiger charge is 2.28. The molecular weight excluding hydrogens is 446 g/mol. The number of imidazole rings is 2. The lowest BCUT2D eigenvalue weighted by Gasteiger charge is -2.24. The minimum absolute atomic E-state index is 0.190. The molecule has 1 saturated heterocycles. The number of aryl methyl sites for hydroxylation is 1. The molecule has 2 N–H and O–H groups in total. The maximum Gasteiger partial charge on any atom is 0.253 e. The summed E-state index contributed by atoms with van der Waals surface area (Å²) >= 11 is 0. The van der Waals surface area contributed by atoms with Gasteiger partial charge in [0.15, 0.2) is 0 Å². The molecule has 0 radical (unpaired) electrons. The smallest absolute Gasteiger partial charge is 0.253 e.